The Balaban J connectivity index is 2.78. The highest BCUT2D eigenvalue weighted by atomic mass is 16.3. The molecule has 0 aliphatic rings. The summed E-state index contributed by atoms with van der Waals surface area (Å²) in [6.07, 6.45) is 0. The van der Waals surface area contributed by atoms with Crippen molar-refractivity contribution in [2.24, 2.45) is 0 Å². The van der Waals surface area contributed by atoms with Gasteiger partial charge in [-0.2, -0.15) is 0 Å². The van der Waals surface area contributed by atoms with Crippen molar-refractivity contribution in [3.63, 3.8) is 0 Å². The number of hydrogen-bond donors (Lipinski definition) is 2. The fraction of sp³-hybridized carbons (Fsp3) is 0.250. The lowest BCUT2D eigenvalue weighted by Gasteiger charge is -2.15. The molecule has 3 N–H and O–H groups in total. The second-order valence-electron chi connectivity index (χ2n) is 5.02. The lowest BCUT2D eigenvalue weighted by molar-refractivity contribution is 0.476. The molecule has 0 bridgehead atoms. The molecule has 0 saturated carbocycles. The van der Waals surface area contributed by atoms with Crippen LogP contribution in [0.25, 0.3) is 11.1 Å². The second-order valence-corrected chi connectivity index (χ2v) is 5.02. The zero-order valence-electron chi connectivity index (χ0n) is 11.3. The molecule has 0 saturated heterocycles. The first-order valence-corrected chi connectivity index (χ1v) is 6.07. The van der Waals surface area contributed by atoms with Gasteiger partial charge in [0.15, 0.2) is 0 Å². The summed E-state index contributed by atoms with van der Waals surface area (Å²) >= 11 is 0. The number of phenols is 1. The van der Waals surface area contributed by atoms with E-state index in [0.717, 1.165) is 39.1 Å². The molecule has 94 valence electrons. The average Bonchev–Trinajstić information content (AvgIpc) is 2.20. The zero-order valence-corrected chi connectivity index (χ0v) is 11.3. The van der Waals surface area contributed by atoms with E-state index in [9.17, 15) is 5.11 Å². The summed E-state index contributed by atoms with van der Waals surface area (Å²) in [5.74, 6) is 0.297. The van der Waals surface area contributed by atoms with Crippen molar-refractivity contribution in [1.29, 1.82) is 0 Å². The van der Waals surface area contributed by atoms with Crippen LogP contribution in [-0.4, -0.2) is 5.11 Å². The number of anilines is 1. The molecule has 0 radical (unpaired) electrons. The summed E-state index contributed by atoms with van der Waals surface area (Å²) in [4.78, 5) is 0. The van der Waals surface area contributed by atoms with Crippen LogP contribution in [0.2, 0.25) is 0 Å². The third-order valence-electron chi connectivity index (χ3n) is 3.22. The Morgan fingerprint density at radius 1 is 0.778 bits per heavy atom. The van der Waals surface area contributed by atoms with Crippen molar-refractivity contribution in [2.75, 3.05) is 5.73 Å². The predicted molar refractivity (Wildman–Crippen MR) is 76.9 cm³/mol. The quantitative estimate of drug-likeness (QED) is 0.744. The third kappa shape index (κ3) is 2.06. The largest absolute Gasteiger partial charge is 0.507 e. The Bertz CT molecular complexity index is 513. The van der Waals surface area contributed by atoms with E-state index < -0.39 is 0 Å². The van der Waals surface area contributed by atoms with Gasteiger partial charge in [0.05, 0.1) is 0 Å². The predicted octanol–water partition coefficient (Wildman–Crippen LogP) is 3.88. The van der Waals surface area contributed by atoms with Crippen molar-refractivity contribution in [1.82, 2.24) is 0 Å². The molecule has 18 heavy (non-hydrogen) atoms. The fourth-order valence-electron chi connectivity index (χ4n) is 2.61. The number of nitrogens with two attached hydrogens (primary N) is 1. The van der Waals surface area contributed by atoms with Gasteiger partial charge in [0.1, 0.15) is 5.75 Å². The second kappa shape index (κ2) is 4.37. The van der Waals surface area contributed by atoms with Crippen molar-refractivity contribution < 1.29 is 5.11 Å². The van der Waals surface area contributed by atoms with E-state index in [1.165, 1.54) is 0 Å². The molecular weight excluding hydrogens is 222 g/mol. The first-order valence-electron chi connectivity index (χ1n) is 6.07. The van der Waals surface area contributed by atoms with E-state index in [1.54, 1.807) is 6.07 Å². The summed E-state index contributed by atoms with van der Waals surface area (Å²) in [6.45, 7) is 8.02. The van der Waals surface area contributed by atoms with E-state index in [-0.39, 0.29) is 0 Å². The fourth-order valence-corrected chi connectivity index (χ4v) is 2.61. The van der Waals surface area contributed by atoms with Gasteiger partial charge in [0.25, 0.3) is 0 Å². The summed E-state index contributed by atoms with van der Waals surface area (Å²) in [7, 11) is 0. The smallest absolute Gasteiger partial charge is 0.124 e. The minimum absolute atomic E-state index is 0.297. The van der Waals surface area contributed by atoms with E-state index in [2.05, 4.69) is 12.1 Å². The van der Waals surface area contributed by atoms with Crippen molar-refractivity contribution in [3.05, 3.63) is 46.5 Å². The minimum atomic E-state index is 0.297. The third-order valence-corrected chi connectivity index (χ3v) is 3.22. The number of rotatable bonds is 1. The van der Waals surface area contributed by atoms with Crippen LogP contribution >= 0.6 is 0 Å². The number of nitrogen functional groups attached to an aromatic ring is 1. The van der Waals surface area contributed by atoms with E-state index in [0.29, 0.717) is 5.75 Å². The maximum Gasteiger partial charge on any atom is 0.124 e. The molecular formula is C16H19NO. The normalized spacial score (nSPS) is 10.7. The number of benzene rings is 2. The number of aryl methyl sites for hydroxylation is 4. The molecule has 0 aliphatic heterocycles. The summed E-state index contributed by atoms with van der Waals surface area (Å²) in [5.41, 5.74) is 12.9. The standard InChI is InChI=1S/C16H19NO/c1-9-5-11(3)15(13(17)7-9)16-12(4)6-10(2)8-14(16)18/h5-8,18H,17H2,1-4H3. The Morgan fingerprint density at radius 2 is 1.28 bits per heavy atom. The van der Waals surface area contributed by atoms with E-state index >= 15 is 0 Å². The monoisotopic (exact) mass is 241 g/mol. The van der Waals surface area contributed by atoms with Crippen LogP contribution in [0.4, 0.5) is 5.69 Å². The summed E-state index contributed by atoms with van der Waals surface area (Å²) in [6, 6.07) is 7.88. The molecule has 0 fully saturated rings. The van der Waals surface area contributed by atoms with Crippen LogP contribution in [0.15, 0.2) is 24.3 Å². The van der Waals surface area contributed by atoms with Crippen LogP contribution in [0.5, 0.6) is 5.75 Å². The Morgan fingerprint density at radius 3 is 1.78 bits per heavy atom. The Kier molecular flexibility index (Phi) is 3.04. The molecule has 0 unspecified atom stereocenters. The number of aromatic hydroxyl groups is 1. The van der Waals surface area contributed by atoms with Gasteiger partial charge in [-0.3, -0.25) is 0 Å². The Hall–Kier alpha value is -1.96. The lowest BCUT2D eigenvalue weighted by Crippen LogP contribution is -1.97. The maximum atomic E-state index is 10.2. The topological polar surface area (TPSA) is 46.2 Å². The molecule has 0 amide bonds. The van der Waals surface area contributed by atoms with Gasteiger partial charge in [-0.1, -0.05) is 12.1 Å². The molecule has 0 heterocycles. The molecule has 0 aromatic heterocycles. The molecule has 2 rings (SSSR count). The highest BCUT2D eigenvalue weighted by molar-refractivity contribution is 5.85. The van der Waals surface area contributed by atoms with Crippen LogP contribution in [-0.2, 0) is 0 Å². The molecule has 2 nitrogen and oxygen atoms in total. The first kappa shape index (κ1) is 12.5. The molecule has 2 heteroatoms. The van der Waals surface area contributed by atoms with Gasteiger partial charge < -0.3 is 10.8 Å². The van der Waals surface area contributed by atoms with E-state index in [1.807, 2.05) is 33.8 Å². The first-order chi connectivity index (χ1) is 8.40. The highest BCUT2D eigenvalue weighted by Gasteiger charge is 2.14. The molecule has 2 aromatic rings. The summed E-state index contributed by atoms with van der Waals surface area (Å²) < 4.78 is 0. The van der Waals surface area contributed by atoms with Gasteiger partial charge >= 0.3 is 0 Å². The van der Waals surface area contributed by atoms with Gasteiger partial charge in [-0.05, 0) is 62.1 Å². The molecule has 0 atom stereocenters. The van der Waals surface area contributed by atoms with Crippen LogP contribution in [0.1, 0.15) is 22.3 Å². The van der Waals surface area contributed by atoms with Gasteiger partial charge in [-0.15, -0.1) is 0 Å². The SMILES string of the molecule is Cc1cc(C)c(-c2c(C)cc(C)cc2O)c(N)c1. The number of hydrogen-bond acceptors (Lipinski definition) is 2. The van der Waals surface area contributed by atoms with Crippen LogP contribution < -0.4 is 5.73 Å². The number of phenolic OH excluding ortho intramolecular Hbond substituents is 1. The van der Waals surface area contributed by atoms with Gasteiger partial charge in [0.2, 0.25) is 0 Å². The lowest BCUT2D eigenvalue weighted by atomic mass is 9.92. The molecule has 2 aromatic carbocycles. The van der Waals surface area contributed by atoms with Crippen molar-refractivity contribution >= 4 is 5.69 Å². The maximum absolute atomic E-state index is 10.2. The van der Waals surface area contributed by atoms with Gasteiger partial charge in [-0.25, -0.2) is 0 Å². The minimum Gasteiger partial charge on any atom is -0.507 e. The zero-order chi connectivity index (χ0) is 13.4. The van der Waals surface area contributed by atoms with Gasteiger partial charge in [0, 0.05) is 16.8 Å². The Labute approximate surface area is 108 Å². The summed E-state index contributed by atoms with van der Waals surface area (Å²) in [5, 5.41) is 10.2. The molecule has 0 aliphatic carbocycles. The molecule has 0 spiro atoms. The van der Waals surface area contributed by atoms with Crippen LogP contribution in [0.3, 0.4) is 0 Å². The van der Waals surface area contributed by atoms with Crippen molar-refractivity contribution in [2.45, 2.75) is 27.7 Å². The van der Waals surface area contributed by atoms with Crippen molar-refractivity contribution in [3.8, 4) is 16.9 Å². The average molecular weight is 241 g/mol. The highest BCUT2D eigenvalue weighted by Crippen LogP contribution is 2.39. The van der Waals surface area contributed by atoms with Crippen LogP contribution in [0, 0.1) is 27.7 Å². The van der Waals surface area contributed by atoms with E-state index in [4.69, 9.17) is 5.73 Å².